The predicted octanol–water partition coefficient (Wildman–Crippen LogP) is 2.11. The van der Waals surface area contributed by atoms with Crippen LogP contribution in [0.2, 0.25) is 0 Å². The van der Waals surface area contributed by atoms with Crippen molar-refractivity contribution in [1.82, 2.24) is 4.57 Å². The van der Waals surface area contributed by atoms with Crippen LogP contribution in [-0.4, -0.2) is 36.1 Å². The fourth-order valence-electron chi connectivity index (χ4n) is 4.61. The number of aromatic nitrogens is 1. The molecule has 6 nitrogen and oxygen atoms in total. The molecule has 2 aromatic rings. The summed E-state index contributed by atoms with van der Waals surface area (Å²) in [4.78, 5) is 27.8. The van der Waals surface area contributed by atoms with Crippen LogP contribution in [0.1, 0.15) is 58.7 Å². The van der Waals surface area contributed by atoms with E-state index in [2.05, 4.69) is 35.3 Å². The summed E-state index contributed by atoms with van der Waals surface area (Å²) in [6.45, 7) is 3.56. The number of quaternary nitrogens is 1. The molecular weight excluding hydrogens is 374 g/mol. The van der Waals surface area contributed by atoms with Crippen LogP contribution in [0, 0.1) is 0 Å². The number of anilines is 1. The van der Waals surface area contributed by atoms with Crippen molar-refractivity contribution >= 4 is 28.2 Å². The largest absolute Gasteiger partial charge is 0.462 e. The predicted molar refractivity (Wildman–Crippen MR) is 109 cm³/mol. The number of hydrogen-bond donors (Lipinski definition) is 2. The number of nitrogens with one attached hydrogen (secondary N) is 2. The van der Waals surface area contributed by atoms with Gasteiger partial charge in [-0.3, -0.25) is 4.79 Å². The van der Waals surface area contributed by atoms with Gasteiger partial charge in [0.15, 0.2) is 6.54 Å². The summed E-state index contributed by atoms with van der Waals surface area (Å²) in [5.74, 6) is -0.339. The van der Waals surface area contributed by atoms with Gasteiger partial charge in [0.2, 0.25) is 0 Å². The zero-order chi connectivity index (χ0) is 19.7. The number of rotatable bonds is 6. The Morgan fingerprint density at radius 2 is 2.21 bits per heavy atom. The van der Waals surface area contributed by atoms with Crippen LogP contribution in [0.25, 0.3) is 0 Å². The van der Waals surface area contributed by atoms with Crippen molar-refractivity contribution in [2.45, 2.75) is 45.1 Å². The van der Waals surface area contributed by atoms with E-state index >= 15 is 0 Å². The third-order valence-corrected chi connectivity index (χ3v) is 7.07. The molecule has 1 aliphatic heterocycles. The van der Waals surface area contributed by atoms with Crippen LogP contribution in [0.15, 0.2) is 18.3 Å². The molecule has 1 amide bonds. The molecule has 0 radical (unpaired) electrons. The lowest BCUT2D eigenvalue weighted by atomic mass is 10.1. The second kappa shape index (κ2) is 8.09. The van der Waals surface area contributed by atoms with E-state index in [-0.39, 0.29) is 11.9 Å². The number of thiophene rings is 1. The Labute approximate surface area is 169 Å². The van der Waals surface area contributed by atoms with Crippen molar-refractivity contribution in [3.63, 3.8) is 0 Å². The molecule has 0 saturated carbocycles. The first-order valence-corrected chi connectivity index (χ1v) is 11.0. The number of fused-ring (bicyclic) bond motifs is 1. The minimum atomic E-state index is -0.313. The van der Waals surface area contributed by atoms with E-state index in [0.717, 1.165) is 44.2 Å². The summed E-state index contributed by atoms with van der Waals surface area (Å²) in [5.41, 5.74) is 2.94. The number of likely N-dealkylation sites (tertiary alicyclic amines) is 1. The Bertz CT molecular complexity index is 886. The van der Waals surface area contributed by atoms with Crippen molar-refractivity contribution in [1.29, 1.82) is 0 Å². The van der Waals surface area contributed by atoms with Gasteiger partial charge < -0.3 is 19.5 Å². The quantitative estimate of drug-likeness (QED) is 0.728. The van der Waals surface area contributed by atoms with Crippen molar-refractivity contribution in [2.24, 2.45) is 7.05 Å². The highest BCUT2D eigenvalue weighted by molar-refractivity contribution is 7.17. The molecular formula is C21H28N3O3S+. The molecule has 1 aliphatic carbocycles. The molecule has 7 heteroatoms. The maximum absolute atomic E-state index is 12.8. The van der Waals surface area contributed by atoms with E-state index in [1.165, 1.54) is 15.5 Å². The molecule has 150 valence electrons. The number of hydrogen-bond acceptors (Lipinski definition) is 4. The third kappa shape index (κ3) is 3.61. The van der Waals surface area contributed by atoms with E-state index in [1.54, 1.807) is 11.3 Å². The highest BCUT2D eigenvalue weighted by atomic mass is 32.1. The molecule has 2 aliphatic rings. The highest BCUT2D eigenvalue weighted by Gasteiger charge is 2.34. The van der Waals surface area contributed by atoms with Gasteiger partial charge in [-0.25, -0.2) is 4.79 Å². The van der Waals surface area contributed by atoms with Crippen LogP contribution in [0.3, 0.4) is 0 Å². The van der Waals surface area contributed by atoms with Crippen LogP contribution in [0.5, 0.6) is 0 Å². The first-order valence-electron chi connectivity index (χ1n) is 10.2. The highest BCUT2D eigenvalue weighted by Crippen LogP contribution is 2.39. The Morgan fingerprint density at radius 1 is 1.36 bits per heavy atom. The molecule has 28 heavy (non-hydrogen) atoms. The fourth-order valence-corrected chi connectivity index (χ4v) is 5.90. The molecule has 2 aromatic heterocycles. The van der Waals surface area contributed by atoms with Crippen LogP contribution >= 0.6 is 11.3 Å². The van der Waals surface area contributed by atoms with Gasteiger partial charge in [-0.05, 0) is 43.9 Å². The first kappa shape index (κ1) is 19.2. The van der Waals surface area contributed by atoms with Gasteiger partial charge in [-0.15, -0.1) is 11.3 Å². The molecule has 4 rings (SSSR count). The van der Waals surface area contributed by atoms with Crippen LogP contribution in [0.4, 0.5) is 5.00 Å². The van der Waals surface area contributed by atoms with Crippen LogP contribution in [-0.2, 0) is 29.4 Å². The van der Waals surface area contributed by atoms with E-state index in [1.807, 2.05) is 6.92 Å². The van der Waals surface area contributed by atoms with Crippen LogP contribution < -0.4 is 10.2 Å². The van der Waals surface area contributed by atoms with Gasteiger partial charge in [0.25, 0.3) is 5.91 Å². The summed E-state index contributed by atoms with van der Waals surface area (Å²) in [7, 11) is 2.06. The second-order valence-corrected chi connectivity index (χ2v) is 8.76. The lowest BCUT2D eigenvalue weighted by Gasteiger charge is -2.21. The lowest BCUT2D eigenvalue weighted by molar-refractivity contribution is -0.910. The maximum Gasteiger partial charge on any atom is 0.341 e. The number of amides is 1. The second-order valence-electron chi connectivity index (χ2n) is 7.65. The average molecular weight is 403 g/mol. The molecule has 0 spiro atoms. The fraction of sp³-hybridized carbons (Fsp3) is 0.524. The monoisotopic (exact) mass is 402 g/mol. The Morgan fingerprint density at radius 3 is 2.96 bits per heavy atom. The molecule has 2 atom stereocenters. The minimum Gasteiger partial charge on any atom is -0.462 e. The third-order valence-electron chi connectivity index (χ3n) is 5.87. The van der Waals surface area contributed by atoms with Crippen molar-refractivity contribution in [3.8, 4) is 0 Å². The normalized spacial score (nSPS) is 20.9. The summed E-state index contributed by atoms with van der Waals surface area (Å²) in [5, 5.41) is 3.71. The van der Waals surface area contributed by atoms with Gasteiger partial charge in [0.1, 0.15) is 11.0 Å². The molecule has 1 saturated heterocycles. The molecule has 0 bridgehead atoms. The maximum atomic E-state index is 12.8. The Hall–Kier alpha value is -2.12. The van der Waals surface area contributed by atoms with Gasteiger partial charge >= 0.3 is 5.97 Å². The van der Waals surface area contributed by atoms with Gasteiger partial charge in [-0.2, -0.15) is 0 Å². The Kier molecular flexibility index (Phi) is 5.55. The molecule has 1 fully saturated rings. The number of ether oxygens (including phenoxy) is 1. The summed E-state index contributed by atoms with van der Waals surface area (Å²) in [6, 6.07) is 4.56. The SMILES string of the molecule is CCOC(=O)c1c(NC(=O)C[NH+]2CCC[C@H]2c2cccn2C)sc2c1CCC2. The molecule has 2 N–H and O–H groups in total. The van der Waals surface area contributed by atoms with Gasteiger partial charge in [0.05, 0.1) is 24.4 Å². The minimum absolute atomic E-state index is 0.0263. The number of nitrogens with zero attached hydrogens (tertiary/aromatic N) is 1. The number of aryl methyl sites for hydroxylation is 2. The lowest BCUT2D eigenvalue weighted by Crippen LogP contribution is -3.11. The molecule has 0 aromatic carbocycles. The summed E-state index contributed by atoms with van der Waals surface area (Å²) >= 11 is 1.54. The molecule has 1 unspecified atom stereocenters. The van der Waals surface area contributed by atoms with E-state index in [9.17, 15) is 9.59 Å². The first-order chi connectivity index (χ1) is 13.6. The number of carbonyl (C=O) groups excluding carboxylic acids is 2. The van der Waals surface area contributed by atoms with E-state index in [0.29, 0.717) is 29.8 Å². The van der Waals surface area contributed by atoms with Crippen molar-refractivity contribution < 1.29 is 19.2 Å². The summed E-state index contributed by atoms with van der Waals surface area (Å²) < 4.78 is 7.40. The number of esters is 1. The zero-order valence-electron chi connectivity index (χ0n) is 16.5. The smallest absolute Gasteiger partial charge is 0.341 e. The molecule has 3 heterocycles. The summed E-state index contributed by atoms with van der Waals surface area (Å²) in [6.07, 6.45) is 7.22. The van der Waals surface area contributed by atoms with Crippen molar-refractivity contribution in [3.05, 3.63) is 40.0 Å². The van der Waals surface area contributed by atoms with Gasteiger partial charge in [0, 0.05) is 31.0 Å². The topological polar surface area (TPSA) is 64.8 Å². The van der Waals surface area contributed by atoms with E-state index < -0.39 is 0 Å². The van der Waals surface area contributed by atoms with Crippen molar-refractivity contribution in [2.75, 3.05) is 25.0 Å². The average Bonchev–Trinajstić information content (AvgIpc) is 3.40. The standard InChI is InChI=1S/C21H27N3O3S/c1-3-27-21(26)19-14-7-4-10-17(14)28-20(19)22-18(25)13-24-12-6-9-16(24)15-8-5-11-23(15)2/h5,8,11,16H,3-4,6-7,9-10,12-13H2,1-2H3,(H,22,25)/p+1/t16-/m0/s1. The zero-order valence-corrected chi connectivity index (χ0v) is 17.4. The number of carbonyl (C=O) groups is 2. The van der Waals surface area contributed by atoms with E-state index in [4.69, 9.17) is 4.74 Å². The Balaban J connectivity index is 1.48. The van der Waals surface area contributed by atoms with Gasteiger partial charge in [-0.1, -0.05) is 0 Å².